The van der Waals surface area contributed by atoms with Crippen molar-refractivity contribution >= 4 is 39.9 Å². The molecule has 0 saturated heterocycles. The van der Waals surface area contributed by atoms with Crippen LogP contribution in [-0.4, -0.2) is 24.0 Å². The number of amides is 1. The van der Waals surface area contributed by atoms with Gasteiger partial charge in [-0.25, -0.2) is 9.37 Å². The lowest BCUT2D eigenvalue weighted by atomic mass is 10.1. The summed E-state index contributed by atoms with van der Waals surface area (Å²) in [7, 11) is 0. The highest BCUT2D eigenvalue weighted by Crippen LogP contribution is 2.26. The van der Waals surface area contributed by atoms with E-state index in [1.807, 2.05) is 25.1 Å². The maximum atomic E-state index is 13.9. The first-order chi connectivity index (χ1) is 13.4. The largest absolute Gasteiger partial charge is 0.357 e. The van der Waals surface area contributed by atoms with Crippen LogP contribution in [0.2, 0.25) is 5.02 Å². The molecule has 1 amide bonds. The Labute approximate surface area is 169 Å². The van der Waals surface area contributed by atoms with E-state index in [1.165, 1.54) is 12.1 Å². The monoisotopic (exact) mass is 399 g/mol. The first kappa shape index (κ1) is 20.1. The number of anilines is 2. The fourth-order valence-corrected chi connectivity index (χ4v) is 3.46. The van der Waals surface area contributed by atoms with Crippen LogP contribution in [0.25, 0.3) is 10.9 Å². The Balaban J connectivity index is 1.83. The predicted molar refractivity (Wildman–Crippen MR) is 114 cm³/mol. The van der Waals surface area contributed by atoms with Crippen LogP contribution >= 0.6 is 11.6 Å². The fraction of sp³-hybridized carbons (Fsp3) is 0.273. The molecule has 3 rings (SSSR count). The quantitative estimate of drug-likeness (QED) is 0.606. The van der Waals surface area contributed by atoms with Crippen LogP contribution in [-0.2, 0) is 11.2 Å². The summed E-state index contributed by atoms with van der Waals surface area (Å²) in [6.07, 6.45) is -0.123. The normalized spacial score (nSPS) is 10.9. The van der Waals surface area contributed by atoms with Gasteiger partial charge in [0.15, 0.2) is 0 Å². The molecule has 1 heterocycles. The number of aryl methyl sites for hydroxylation is 1. The van der Waals surface area contributed by atoms with Crippen molar-refractivity contribution in [3.8, 4) is 0 Å². The minimum Gasteiger partial charge on any atom is -0.357 e. The van der Waals surface area contributed by atoms with Crippen molar-refractivity contribution in [2.24, 2.45) is 0 Å². The van der Waals surface area contributed by atoms with E-state index in [9.17, 15) is 9.18 Å². The second-order valence-electron chi connectivity index (χ2n) is 6.63. The Kier molecular flexibility index (Phi) is 6.15. The number of hydrogen-bond donors (Lipinski definition) is 1. The van der Waals surface area contributed by atoms with Crippen molar-refractivity contribution in [1.29, 1.82) is 0 Å². The number of pyridine rings is 1. The second kappa shape index (κ2) is 8.57. The number of aromatic nitrogens is 1. The molecule has 6 heteroatoms. The molecule has 2 aromatic carbocycles. The van der Waals surface area contributed by atoms with Gasteiger partial charge < -0.3 is 10.2 Å². The first-order valence-corrected chi connectivity index (χ1v) is 9.69. The van der Waals surface area contributed by atoms with Crippen molar-refractivity contribution in [2.45, 2.75) is 27.2 Å². The smallest absolute Gasteiger partial charge is 0.228 e. The Morgan fingerprint density at radius 2 is 1.93 bits per heavy atom. The van der Waals surface area contributed by atoms with E-state index in [-0.39, 0.29) is 22.9 Å². The van der Waals surface area contributed by atoms with E-state index in [1.54, 1.807) is 6.07 Å². The van der Waals surface area contributed by atoms with Gasteiger partial charge in [-0.15, -0.1) is 0 Å². The Morgan fingerprint density at radius 3 is 2.61 bits per heavy atom. The number of benzene rings is 2. The molecule has 1 aromatic heterocycles. The molecule has 4 nitrogen and oxygen atoms in total. The van der Waals surface area contributed by atoms with E-state index in [4.69, 9.17) is 16.6 Å². The van der Waals surface area contributed by atoms with Crippen molar-refractivity contribution in [3.63, 3.8) is 0 Å². The number of carbonyl (C=O) groups is 1. The molecular weight excluding hydrogens is 377 g/mol. The molecule has 0 aliphatic carbocycles. The number of nitrogens with one attached hydrogen (secondary N) is 1. The summed E-state index contributed by atoms with van der Waals surface area (Å²) in [5.41, 5.74) is 2.80. The third-order valence-corrected chi connectivity index (χ3v) is 5.13. The van der Waals surface area contributed by atoms with Crippen LogP contribution in [0, 0.1) is 12.7 Å². The Morgan fingerprint density at radius 1 is 1.18 bits per heavy atom. The van der Waals surface area contributed by atoms with Crippen LogP contribution in [0.4, 0.5) is 15.9 Å². The number of rotatable bonds is 6. The Hall–Kier alpha value is -2.66. The minimum atomic E-state index is -0.481. The molecule has 1 N–H and O–H groups in total. The van der Waals surface area contributed by atoms with E-state index in [0.29, 0.717) is 5.69 Å². The third kappa shape index (κ3) is 4.25. The second-order valence-corrected chi connectivity index (χ2v) is 7.03. The topological polar surface area (TPSA) is 45.2 Å². The van der Waals surface area contributed by atoms with Crippen molar-refractivity contribution < 1.29 is 9.18 Å². The molecule has 0 radical (unpaired) electrons. The summed E-state index contributed by atoms with van der Waals surface area (Å²) < 4.78 is 13.9. The molecule has 0 saturated carbocycles. The lowest BCUT2D eigenvalue weighted by Crippen LogP contribution is -2.23. The van der Waals surface area contributed by atoms with E-state index in [2.05, 4.69) is 30.1 Å². The summed E-state index contributed by atoms with van der Waals surface area (Å²) in [6, 6.07) is 12.0. The zero-order valence-electron chi connectivity index (χ0n) is 16.2. The standard InChI is InChI=1S/C22H23ClFN3O/c1-4-27(5-2)21-11-14(3)16-12-15(9-10-20(16)26-21)25-22(28)13-17-18(23)7-6-8-19(17)24/h6-12H,4-5,13H2,1-3H3,(H,25,28). The predicted octanol–water partition coefficient (Wildman–Crippen LogP) is 5.36. The summed E-state index contributed by atoms with van der Waals surface area (Å²) >= 11 is 6.01. The molecule has 3 aromatic rings. The van der Waals surface area contributed by atoms with Crippen LogP contribution in [0.15, 0.2) is 42.5 Å². The molecule has 0 aliphatic heterocycles. The zero-order valence-corrected chi connectivity index (χ0v) is 17.0. The highest BCUT2D eigenvalue weighted by atomic mass is 35.5. The number of fused-ring (bicyclic) bond motifs is 1. The average molecular weight is 400 g/mol. The van der Waals surface area contributed by atoms with Crippen molar-refractivity contribution in [2.75, 3.05) is 23.3 Å². The molecule has 0 fully saturated rings. The highest BCUT2D eigenvalue weighted by molar-refractivity contribution is 6.31. The van der Waals surface area contributed by atoms with Crippen LogP contribution < -0.4 is 10.2 Å². The van der Waals surface area contributed by atoms with Gasteiger partial charge in [0, 0.05) is 34.7 Å². The molecule has 0 spiro atoms. The maximum absolute atomic E-state index is 13.9. The van der Waals surface area contributed by atoms with E-state index >= 15 is 0 Å². The van der Waals surface area contributed by atoms with Gasteiger partial charge in [0.1, 0.15) is 11.6 Å². The van der Waals surface area contributed by atoms with Crippen LogP contribution in [0.5, 0.6) is 0 Å². The minimum absolute atomic E-state index is 0.123. The van der Waals surface area contributed by atoms with Gasteiger partial charge >= 0.3 is 0 Å². The SMILES string of the molecule is CCN(CC)c1cc(C)c2cc(NC(=O)Cc3c(F)cccc3Cl)ccc2n1. The summed E-state index contributed by atoms with van der Waals surface area (Å²) in [5.74, 6) is 0.142. The fourth-order valence-electron chi connectivity index (χ4n) is 3.23. The molecule has 0 bridgehead atoms. The van der Waals surface area contributed by atoms with E-state index < -0.39 is 5.82 Å². The van der Waals surface area contributed by atoms with Crippen LogP contribution in [0.3, 0.4) is 0 Å². The van der Waals surface area contributed by atoms with Gasteiger partial charge in [-0.05, 0) is 62.7 Å². The molecule has 0 aliphatic rings. The molecule has 28 heavy (non-hydrogen) atoms. The Bertz CT molecular complexity index is 998. The molecule has 146 valence electrons. The zero-order chi connectivity index (χ0) is 20.3. The van der Waals surface area contributed by atoms with Gasteiger partial charge in [0.2, 0.25) is 5.91 Å². The van der Waals surface area contributed by atoms with Crippen molar-refractivity contribution in [3.05, 3.63) is 64.4 Å². The maximum Gasteiger partial charge on any atom is 0.228 e. The summed E-state index contributed by atoms with van der Waals surface area (Å²) in [4.78, 5) is 19.3. The summed E-state index contributed by atoms with van der Waals surface area (Å²) in [6.45, 7) is 8.01. The van der Waals surface area contributed by atoms with Gasteiger partial charge in [-0.2, -0.15) is 0 Å². The number of hydrogen-bond acceptors (Lipinski definition) is 3. The van der Waals surface area contributed by atoms with Gasteiger partial charge in [0.05, 0.1) is 11.9 Å². The highest BCUT2D eigenvalue weighted by Gasteiger charge is 2.13. The number of nitrogens with zero attached hydrogens (tertiary/aromatic N) is 2. The first-order valence-electron chi connectivity index (χ1n) is 9.32. The van der Waals surface area contributed by atoms with Gasteiger partial charge in [-0.1, -0.05) is 17.7 Å². The number of halogens is 2. The van der Waals surface area contributed by atoms with E-state index in [0.717, 1.165) is 35.4 Å². The lowest BCUT2D eigenvalue weighted by Gasteiger charge is -2.21. The molecule has 0 atom stereocenters. The van der Waals surface area contributed by atoms with Gasteiger partial charge in [0.25, 0.3) is 0 Å². The number of carbonyl (C=O) groups excluding carboxylic acids is 1. The molecule has 0 unspecified atom stereocenters. The third-order valence-electron chi connectivity index (χ3n) is 4.77. The summed E-state index contributed by atoms with van der Waals surface area (Å²) in [5, 5.41) is 4.04. The lowest BCUT2D eigenvalue weighted by molar-refractivity contribution is -0.115. The van der Waals surface area contributed by atoms with Gasteiger partial charge in [-0.3, -0.25) is 4.79 Å². The van der Waals surface area contributed by atoms with Crippen molar-refractivity contribution in [1.82, 2.24) is 4.98 Å². The molecular formula is C22H23ClFN3O. The van der Waals surface area contributed by atoms with Crippen LogP contribution in [0.1, 0.15) is 25.0 Å². The average Bonchev–Trinajstić information content (AvgIpc) is 2.66.